The van der Waals surface area contributed by atoms with Gasteiger partial charge in [0.15, 0.2) is 0 Å². The van der Waals surface area contributed by atoms with Gasteiger partial charge in [-0.05, 0) is 25.0 Å². The number of halogens is 2. The molecule has 7 heteroatoms. The first kappa shape index (κ1) is 16.6. The molecule has 128 valence electrons. The van der Waals surface area contributed by atoms with Crippen LogP contribution in [0.15, 0.2) is 42.7 Å². The van der Waals surface area contributed by atoms with E-state index >= 15 is 0 Å². The van der Waals surface area contributed by atoms with E-state index in [0.29, 0.717) is 17.9 Å². The molecule has 2 heterocycles. The van der Waals surface area contributed by atoms with Crippen LogP contribution in [0.3, 0.4) is 0 Å². The van der Waals surface area contributed by atoms with Gasteiger partial charge >= 0.3 is 6.55 Å². The van der Waals surface area contributed by atoms with Crippen LogP contribution in [-0.4, -0.2) is 39.5 Å². The van der Waals surface area contributed by atoms with E-state index < -0.39 is 6.55 Å². The molecule has 3 rings (SSSR count). The van der Waals surface area contributed by atoms with Gasteiger partial charge in [-0.15, -0.1) is 0 Å². The fourth-order valence-electron chi connectivity index (χ4n) is 2.94. The monoisotopic (exact) mass is 334 g/mol. The summed E-state index contributed by atoms with van der Waals surface area (Å²) in [6.07, 6.45) is 4.29. The summed E-state index contributed by atoms with van der Waals surface area (Å²) in [6, 6.07) is 9.23. The SMILES string of the molecule is O=C(NC1CCN(Cc2nccn2C(F)F)CC1)c1ccccc1. The Morgan fingerprint density at radius 1 is 1.25 bits per heavy atom. The summed E-state index contributed by atoms with van der Waals surface area (Å²) >= 11 is 0. The first-order valence-corrected chi connectivity index (χ1v) is 8.01. The van der Waals surface area contributed by atoms with Crippen molar-refractivity contribution < 1.29 is 13.6 Å². The number of imidazole rings is 1. The molecule has 1 saturated heterocycles. The quantitative estimate of drug-likeness (QED) is 0.915. The van der Waals surface area contributed by atoms with Gasteiger partial charge in [0.05, 0.1) is 6.54 Å². The van der Waals surface area contributed by atoms with Gasteiger partial charge in [-0.3, -0.25) is 14.3 Å². The number of nitrogens with zero attached hydrogens (tertiary/aromatic N) is 3. The van der Waals surface area contributed by atoms with Crippen LogP contribution in [0.2, 0.25) is 0 Å². The number of carbonyl (C=O) groups is 1. The first-order chi connectivity index (χ1) is 11.6. The Balaban J connectivity index is 1.49. The largest absolute Gasteiger partial charge is 0.349 e. The van der Waals surface area contributed by atoms with Crippen LogP contribution >= 0.6 is 0 Å². The van der Waals surface area contributed by atoms with Gasteiger partial charge in [0.2, 0.25) is 0 Å². The zero-order valence-corrected chi connectivity index (χ0v) is 13.2. The molecular weight excluding hydrogens is 314 g/mol. The summed E-state index contributed by atoms with van der Waals surface area (Å²) in [4.78, 5) is 18.2. The number of carbonyl (C=O) groups excluding carboxylic acids is 1. The lowest BCUT2D eigenvalue weighted by Gasteiger charge is -2.32. The van der Waals surface area contributed by atoms with Crippen LogP contribution in [-0.2, 0) is 6.54 Å². The van der Waals surface area contributed by atoms with Crippen LogP contribution in [0.25, 0.3) is 0 Å². The molecule has 24 heavy (non-hydrogen) atoms. The molecule has 0 radical (unpaired) electrons. The molecule has 0 bridgehead atoms. The van der Waals surface area contributed by atoms with Crippen molar-refractivity contribution in [3.05, 3.63) is 54.1 Å². The Hall–Kier alpha value is -2.28. The lowest BCUT2D eigenvalue weighted by molar-refractivity contribution is 0.0624. The van der Waals surface area contributed by atoms with Crippen LogP contribution in [0.4, 0.5) is 8.78 Å². The first-order valence-electron chi connectivity index (χ1n) is 8.01. The zero-order chi connectivity index (χ0) is 16.9. The van der Waals surface area contributed by atoms with Gasteiger partial charge in [-0.2, -0.15) is 8.78 Å². The van der Waals surface area contributed by atoms with Crippen molar-refractivity contribution in [2.75, 3.05) is 13.1 Å². The van der Waals surface area contributed by atoms with Gasteiger partial charge in [-0.1, -0.05) is 18.2 Å². The van der Waals surface area contributed by atoms with Crippen molar-refractivity contribution in [2.45, 2.75) is 32.0 Å². The lowest BCUT2D eigenvalue weighted by atomic mass is 10.0. The minimum absolute atomic E-state index is 0.0673. The number of alkyl halides is 2. The molecular formula is C17H20F2N4O. The third-order valence-electron chi connectivity index (χ3n) is 4.28. The highest BCUT2D eigenvalue weighted by Crippen LogP contribution is 2.17. The molecule has 0 saturated carbocycles. The van der Waals surface area contributed by atoms with Crippen LogP contribution in [0.1, 0.15) is 35.6 Å². The van der Waals surface area contributed by atoms with Crippen molar-refractivity contribution in [1.29, 1.82) is 0 Å². The number of rotatable bonds is 5. The summed E-state index contributed by atoms with van der Waals surface area (Å²) in [5.41, 5.74) is 0.652. The van der Waals surface area contributed by atoms with E-state index in [1.807, 2.05) is 18.2 Å². The van der Waals surface area contributed by atoms with Gasteiger partial charge in [0, 0.05) is 37.1 Å². The average Bonchev–Trinajstić information content (AvgIpc) is 3.06. The van der Waals surface area contributed by atoms with Crippen LogP contribution in [0.5, 0.6) is 0 Å². The number of piperidine rings is 1. The topological polar surface area (TPSA) is 50.2 Å². The number of nitrogens with one attached hydrogen (secondary N) is 1. The smallest absolute Gasteiger partial charge is 0.319 e. The molecule has 1 N–H and O–H groups in total. The van der Waals surface area contributed by atoms with E-state index in [4.69, 9.17) is 0 Å². The highest BCUT2D eigenvalue weighted by atomic mass is 19.3. The van der Waals surface area contributed by atoms with E-state index in [2.05, 4.69) is 15.2 Å². The number of benzene rings is 1. The van der Waals surface area contributed by atoms with E-state index in [-0.39, 0.29) is 11.9 Å². The highest BCUT2D eigenvalue weighted by molar-refractivity contribution is 5.94. The highest BCUT2D eigenvalue weighted by Gasteiger charge is 2.23. The van der Waals surface area contributed by atoms with Crippen LogP contribution < -0.4 is 5.32 Å². The minimum Gasteiger partial charge on any atom is -0.349 e. The Kier molecular flexibility index (Phi) is 5.20. The molecule has 2 aromatic rings. The van der Waals surface area contributed by atoms with Crippen molar-refractivity contribution in [1.82, 2.24) is 19.8 Å². The molecule has 5 nitrogen and oxygen atoms in total. The van der Waals surface area contributed by atoms with Gasteiger partial charge < -0.3 is 5.32 Å². The zero-order valence-electron chi connectivity index (χ0n) is 13.2. The summed E-state index contributed by atoms with van der Waals surface area (Å²) in [6.45, 7) is -0.673. The number of amides is 1. The maximum atomic E-state index is 12.8. The van der Waals surface area contributed by atoms with E-state index in [1.165, 1.54) is 12.4 Å². The van der Waals surface area contributed by atoms with Gasteiger partial charge in [0.25, 0.3) is 5.91 Å². The summed E-state index contributed by atoms with van der Waals surface area (Å²) < 4.78 is 26.6. The average molecular weight is 334 g/mol. The molecule has 1 amide bonds. The Labute approximate surface area is 139 Å². The van der Waals surface area contributed by atoms with Crippen molar-refractivity contribution >= 4 is 5.91 Å². The maximum absolute atomic E-state index is 12.8. The van der Waals surface area contributed by atoms with E-state index in [9.17, 15) is 13.6 Å². The molecule has 0 atom stereocenters. The Morgan fingerprint density at radius 2 is 1.96 bits per heavy atom. The number of aromatic nitrogens is 2. The van der Waals surface area contributed by atoms with Crippen LogP contribution in [0, 0.1) is 0 Å². The predicted octanol–water partition coefficient (Wildman–Crippen LogP) is 2.67. The summed E-state index contributed by atoms with van der Waals surface area (Å²) in [5.74, 6) is 0.305. The second kappa shape index (κ2) is 7.53. The second-order valence-electron chi connectivity index (χ2n) is 5.92. The third kappa shape index (κ3) is 3.97. The molecule has 0 aliphatic carbocycles. The molecule has 0 unspecified atom stereocenters. The third-order valence-corrected chi connectivity index (χ3v) is 4.28. The number of likely N-dealkylation sites (tertiary alicyclic amines) is 1. The normalized spacial score (nSPS) is 16.5. The Morgan fingerprint density at radius 3 is 2.62 bits per heavy atom. The fraction of sp³-hybridized carbons (Fsp3) is 0.412. The number of hydrogen-bond acceptors (Lipinski definition) is 3. The van der Waals surface area contributed by atoms with Crippen molar-refractivity contribution in [3.63, 3.8) is 0 Å². The van der Waals surface area contributed by atoms with E-state index in [1.54, 1.807) is 12.1 Å². The van der Waals surface area contributed by atoms with Crippen molar-refractivity contribution in [3.8, 4) is 0 Å². The van der Waals surface area contributed by atoms with Gasteiger partial charge in [-0.25, -0.2) is 4.98 Å². The predicted molar refractivity (Wildman–Crippen MR) is 85.7 cm³/mol. The Bertz CT molecular complexity index is 666. The number of hydrogen-bond donors (Lipinski definition) is 1. The lowest BCUT2D eigenvalue weighted by Crippen LogP contribution is -2.44. The molecule has 1 aliphatic rings. The van der Waals surface area contributed by atoms with Crippen molar-refractivity contribution in [2.24, 2.45) is 0 Å². The molecule has 1 fully saturated rings. The molecule has 1 aromatic heterocycles. The maximum Gasteiger partial charge on any atom is 0.319 e. The second-order valence-corrected chi connectivity index (χ2v) is 5.92. The molecule has 1 aliphatic heterocycles. The summed E-state index contributed by atoms with van der Waals surface area (Å²) in [5, 5.41) is 3.04. The fourth-order valence-corrected chi connectivity index (χ4v) is 2.94. The summed E-state index contributed by atoms with van der Waals surface area (Å²) in [7, 11) is 0. The molecule has 1 aromatic carbocycles. The standard InChI is InChI=1S/C17H20F2N4O/c18-17(19)23-11-8-20-15(23)12-22-9-6-14(7-10-22)21-16(24)13-4-2-1-3-5-13/h1-5,8,11,14,17H,6-7,9-10,12H2,(H,21,24). The van der Waals surface area contributed by atoms with E-state index in [0.717, 1.165) is 30.5 Å². The molecule has 0 spiro atoms. The minimum atomic E-state index is -2.56. The van der Waals surface area contributed by atoms with Gasteiger partial charge in [0.1, 0.15) is 5.82 Å².